The van der Waals surface area contributed by atoms with Crippen LogP contribution in [0.5, 0.6) is 0 Å². The van der Waals surface area contributed by atoms with Crippen molar-refractivity contribution < 1.29 is 9.59 Å². The quantitative estimate of drug-likeness (QED) is 0.830. The number of nitrogens with zero attached hydrogens (tertiary/aromatic N) is 1. The van der Waals surface area contributed by atoms with Crippen LogP contribution in [0.2, 0.25) is 0 Å². The largest absolute Gasteiger partial charge is 0.338 e. The summed E-state index contributed by atoms with van der Waals surface area (Å²) >= 11 is 3.96. The molecule has 0 aromatic heterocycles. The van der Waals surface area contributed by atoms with E-state index >= 15 is 0 Å². The van der Waals surface area contributed by atoms with Gasteiger partial charge in [-0.2, -0.15) is 0 Å². The molecule has 0 aliphatic heterocycles. The Bertz CT molecular complexity index is 612. The molecule has 0 aliphatic carbocycles. The Hall–Kier alpha value is -2.27. The van der Waals surface area contributed by atoms with Gasteiger partial charge in [-0.1, -0.05) is 48.7 Å². The zero-order valence-corrected chi connectivity index (χ0v) is 11.8. The van der Waals surface area contributed by atoms with Crippen LogP contribution >= 0.6 is 12.8 Å². The molecule has 2 rings (SSSR count). The number of thiol groups is 1. The predicted octanol–water partition coefficient (Wildman–Crippen LogP) is 3.51. The van der Waals surface area contributed by atoms with Gasteiger partial charge < -0.3 is 5.32 Å². The summed E-state index contributed by atoms with van der Waals surface area (Å²) in [6.45, 7) is 1.93. The summed E-state index contributed by atoms with van der Waals surface area (Å²) in [5, 5.41) is 2.59. The second-order valence-corrected chi connectivity index (χ2v) is 4.68. The van der Waals surface area contributed by atoms with Gasteiger partial charge in [0, 0.05) is 11.3 Å². The number of carbonyl (C=O) groups is 2. The molecule has 0 atom stereocenters. The van der Waals surface area contributed by atoms with Crippen LogP contribution in [-0.2, 0) is 0 Å². The minimum Gasteiger partial charge on any atom is -0.307 e. The molecule has 20 heavy (non-hydrogen) atoms. The highest BCUT2D eigenvalue weighted by molar-refractivity contribution is 7.79. The van der Waals surface area contributed by atoms with Crippen LogP contribution in [-0.4, -0.2) is 16.2 Å². The van der Waals surface area contributed by atoms with Gasteiger partial charge in [-0.05, 0) is 31.2 Å². The summed E-state index contributed by atoms with van der Waals surface area (Å²) in [5.41, 5.74) is 2.06. The van der Waals surface area contributed by atoms with E-state index in [9.17, 15) is 9.59 Å². The zero-order chi connectivity index (χ0) is 14.5. The van der Waals surface area contributed by atoms with E-state index in [2.05, 4.69) is 18.1 Å². The monoisotopic (exact) mass is 286 g/mol. The Morgan fingerprint density at radius 1 is 1.00 bits per heavy atom. The van der Waals surface area contributed by atoms with Gasteiger partial charge in [-0.3, -0.25) is 4.79 Å². The number of amides is 3. The number of aryl methyl sites for hydroxylation is 1. The lowest BCUT2D eigenvalue weighted by Crippen LogP contribution is -2.32. The maximum absolute atomic E-state index is 12.1. The molecule has 2 aromatic carbocycles. The van der Waals surface area contributed by atoms with Gasteiger partial charge in [0.25, 0.3) is 5.91 Å². The minimum absolute atomic E-state index is 0.411. The average Bonchev–Trinajstić information content (AvgIpc) is 2.47. The Morgan fingerprint density at radius 3 is 2.20 bits per heavy atom. The van der Waals surface area contributed by atoms with Crippen molar-refractivity contribution in [3.8, 4) is 0 Å². The van der Waals surface area contributed by atoms with Crippen molar-refractivity contribution in [1.82, 2.24) is 4.31 Å². The summed E-state index contributed by atoms with van der Waals surface area (Å²) in [5.74, 6) is -0.471. The van der Waals surface area contributed by atoms with Crippen LogP contribution in [0.15, 0.2) is 54.6 Å². The first kappa shape index (κ1) is 14.1. The van der Waals surface area contributed by atoms with E-state index in [1.807, 2.05) is 25.1 Å². The summed E-state index contributed by atoms with van der Waals surface area (Å²) < 4.78 is 0.762. The SMILES string of the molecule is Cc1ccc(C(=O)N(S)C(=O)Nc2ccccc2)cc1. The molecule has 0 aliphatic rings. The molecule has 0 spiro atoms. The van der Waals surface area contributed by atoms with Crippen LogP contribution in [0.1, 0.15) is 15.9 Å². The van der Waals surface area contributed by atoms with E-state index in [0.29, 0.717) is 11.3 Å². The van der Waals surface area contributed by atoms with Crippen molar-refractivity contribution in [2.45, 2.75) is 6.92 Å². The third kappa shape index (κ3) is 3.39. The number of hydrogen-bond donors (Lipinski definition) is 2. The first-order chi connectivity index (χ1) is 9.58. The summed E-state index contributed by atoms with van der Waals surface area (Å²) in [6.07, 6.45) is 0. The number of carbonyl (C=O) groups excluding carboxylic acids is 2. The maximum atomic E-state index is 12.1. The number of anilines is 1. The molecule has 0 heterocycles. The molecule has 2 aromatic rings. The van der Waals surface area contributed by atoms with E-state index < -0.39 is 11.9 Å². The molecule has 4 nitrogen and oxygen atoms in total. The lowest BCUT2D eigenvalue weighted by atomic mass is 10.1. The normalized spacial score (nSPS) is 9.90. The third-order valence-electron chi connectivity index (χ3n) is 2.71. The molecular weight excluding hydrogens is 272 g/mol. The molecule has 0 radical (unpaired) electrons. The van der Waals surface area contributed by atoms with E-state index in [4.69, 9.17) is 0 Å². The fraction of sp³-hybridized carbons (Fsp3) is 0.0667. The second kappa shape index (κ2) is 6.25. The Balaban J connectivity index is 2.06. The summed E-state index contributed by atoms with van der Waals surface area (Å²) in [4.78, 5) is 24.0. The fourth-order valence-electron chi connectivity index (χ4n) is 1.61. The van der Waals surface area contributed by atoms with Gasteiger partial charge in [0.2, 0.25) is 0 Å². The third-order valence-corrected chi connectivity index (χ3v) is 3.07. The lowest BCUT2D eigenvalue weighted by Gasteiger charge is -2.15. The highest BCUT2D eigenvalue weighted by Gasteiger charge is 2.19. The number of hydrogen-bond acceptors (Lipinski definition) is 3. The van der Waals surface area contributed by atoms with Crippen LogP contribution in [0.4, 0.5) is 10.5 Å². The molecule has 0 unspecified atom stereocenters. The van der Waals surface area contributed by atoms with Crippen molar-refractivity contribution >= 4 is 30.4 Å². The maximum Gasteiger partial charge on any atom is 0.338 e. The molecule has 0 saturated heterocycles. The van der Waals surface area contributed by atoms with E-state index in [1.165, 1.54) is 0 Å². The van der Waals surface area contributed by atoms with Crippen molar-refractivity contribution in [3.63, 3.8) is 0 Å². The second-order valence-electron chi connectivity index (χ2n) is 4.28. The van der Waals surface area contributed by atoms with E-state index in [1.54, 1.807) is 36.4 Å². The molecule has 102 valence electrons. The Labute approximate surface area is 123 Å². The summed E-state index contributed by atoms with van der Waals surface area (Å²) in [7, 11) is 0. The number of nitrogens with one attached hydrogen (secondary N) is 1. The molecule has 0 saturated carbocycles. The van der Waals surface area contributed by atoms with Gasteiger partial charge in [0.05, 0.1) is 0 Å². The van der Waals surface area contributed by atoms with Crippen molar-refractivity contribution in [2.75, 3.05) is 5.32 Å². The van der Waals surface area contributed by atoms with Crippen molar-refractivity contribution in [3.05, 3.63) is 65.7 Å². The van der Waals surface area contributed by atoms with Gasteiger partial charge in [-0.25, -0.2) is 9.10 Å². The number of rotatable bonds is 2. The first-order valence-electron chi connectivity index (χ1n) is 6.04. The standard InChI is InChI=1S/C15H14N2O2S/c1-11-7-9-12(10-8-11)14(18)17(20)15(19)16-13-5-3-2-4-6-13/h2-10,20H,1H3,(H,16,19). The Morgan fingerprint density at radius 2 is 1.60 bits per heavy atom. The highest BCUT2D eigenvalue weighted by atomic mass is 32.1. The molecule has 1 N–H and O–H groups in total. The van der Waals surface area contributed by atoms with Gasteiger partial charge in [-0.15, -0.1) is 0 Å². The first-order valence-corrected chi connectivity index (χ1v) is 6.44. The van der Waals surface area contributed by atoms with Crippen molar-refractivity contribution in [1.29, 1.82) is 0 Å². The number of benzene rings is 2. The van der Waals surface area contributed by atoms with Gasteiger partial charge in [0.1, 0.15) is 0 Å². The van der Waals surface area contributed by atoms with E-state index in [0.717, 1.165) is 9.87 Å². The van der Waals surface area contributed by atoms with Gasteiger partial charge >= 0.3 is 6.03 Å². The van der Waals surface area contributed by atoms with Crippen LogP contribution in [0.25, 0.3) is 0 Å². The van der Waals surface area contributed by atoms with Gasteiger partial charge in [0.15, 0.2) is 0 Å². The highest BCUT2D eigenvalue weighted by Crippen LogP contribution is 2.12. The van der Waals surface area contributed by atoms with Crippen molar-refractivity contribution in [2.24, 2.45) is 0 Å². The molecule has 3 amide bonds. The molecule has 0 bridgehead atoms. The van der Waals surface area contributed by atoms with Crippen LogP contribution < -0.4 is 5.32 Å². The smallest absolute Gasteiger partial charge is 0.307 e. The molecule has 0 fully saturated rings. The minimum atomic E-state index is -0.592. The topological polar surface area (TPSA) is 49.4 Å². The number of para-hydroxylation sites is 1. The van der Waals surface area contributed by atoms with E-state index in [-0.39, 0.29) is 0 Å². The zero-order valence-electron chi connectivity index (χ0n) is 10.9. The number of imide groups is 1. The molecule has 5 heteroatoms. The fourth-order valence-corrected chi connectivity index (χ4v) is 1.77. The Kier molecular flexibility index (Phi) is 4.42. The predicted molar refractivity (Wildman–Crippen MR) is 81.8 cm³/mol. The number of urea groups is 1. The molecular formula is C15H14N2O2S. The average molecular weight is 286 g/mol. The lowest BCUT2D eigenvalue weighted by molar-refractivity contribution is 0.0902. The summed E-state index contributed by atoms with van der Waals surface area (Å²) in [6, 6.07) is 15.2. The van der Waals surface area contributed by atoms with Crippen LogP contribution in [0.3, 0.4) is 0 Å². The van der Waals surface area contributed by atoms with Crippen LogP contribution in [0, 0.1) is 6.92 Å².